The number of hydrogen-bond donors (Lipinski definition) is 5. The molecule has 0 aliphatic carbocycles. The van der Waals surface area contributed by atoms with Gasteiger partial charge in [-0.1, -0.05) is 88.2 Å². The molecule has 50 heavy (non-hydrogen) atoms. The highest BCUT2D eigenvalue weighted by molar-refractivity contribution is 8.00. The van der Waals surface area contributed by atoms with Crippen LogP contribution in [-0.2, 0) is 26.2 Å². The summed E-state index contributed by atoms with van der Waals surface area (Å²) in [4.78, 5) is 37.2. The number of phenolic OH excluding ortho intramolecular Hbond substituents is 2. The number of nitrogens with zero attached hydrogens (tertiary/aromatic N) is 1. The van der Waals surface area contributed by atoms with Crippen molar-refractivity contribution in [3.8, 4) is 11.5 Å². The molecule has 10 nitrogen and oxygen atoms in total. The molecule has 2 amide bonds. The molecule has 3 aromatic rings. The van der Waals surface area contributed by atoms with E-state index in [9.17, 15) is 29.7 Å². The summed E-state index contributed by atoms with van der Waals surface area (Å²) < 4.78 is 0. The number of benzene rings is 3. The van der Waals surface area contributed by atoms with Gasteiger partial charge >= 0.3 is 5.97 Å². The van der Waals surface area contributed by atoms with E-state index in [-0.39, 0.29) is 27.8 Å². The molecule has 2 aliphatic heterocycles. The van der Waals surface area contributed by atoms with Crippen molar-refractivity contribution in [3.05, 3.63) is 104 Å². The Morgan fingerprint density at radius 3 is 2.22 bits per heavy atom. The number of thioether (sulfide) groups is 1. The van der Waals surface area contributed by atoms with Crippen LogP contribution in [0.1, 0.15) is 76.3 Å². The third-order valence-corrected chi connectivity index (χ3v) is 10.4. The minimum Gasteiger partial charge on any atom is -0.508 e. The number of amides is 2. The summed E-state index contributed by atoms with van der Waals surface area (Å²) in [5, 5.41) is 32.2. The maximum absolute atomic E-state index is 12.3. The predicted molar refractivity (Wildman–Crippen MR) is 198 cm³/mol. The van der Waals surface area contributed by atoms with Gasteiger partial charge in [-0.05, 0) is 82.3 Å². The Bertz CT molecular complexity index is 1770. The first-order valence-corrected chi connectivity index (χ1v) is 17.6. The van der Waals surface area contributed by atoms with E-state index >= 15 is 0 Å². The number of halogens is 2. The molecular weight excluding hydrogens is 701 g/mol. The van der Waals surface area contributed by atoms with Crippen LogP contribution in [0.5, 0.6) is 11.5 Å². The molecule has 1 saturated heterocycles. The highest BCUT2D eigenvalue weighted by atomic mass is 35.5. The molecule has 0 spiro atoms. The molecule has 1 fully saturated rings. The molecular formula is C37H45Cl2N3O7S. The molecule has 0 radical (unpaired) electrons. The fourth-order valence-electron chi connectivity index (χ4n) is 6.30. The van der Waals surface area contributed by atoms with Crippen LogP contribution in [0.4, 0.5) is 0 Å². The molecule has 0 saturated carbocycles. The van der Waals surface area contributed by atoms with Crippen LogP contribution < -0.4 is 11.1 Å². The van der Waals surface area contributed by atoms with E-state index in [4.69, 9.17) is 28.9 Å². The lowest BCUT2D eigenvalue weighted by Gasteiger charge is -2.49. The molecule has 2 heterocycles. The molecule has 2 aliphatic rings. The number of carboxylic acid groups (broad SMARTS) is 1. The van der Waals surface area contributed by atoms with E-state index in [0.29, 0.717) is 39.1 Å². The summed E-state index contributed by atoms with van der Waals surface area (Å²) in [7, 11) is 0. The number of β-lactam (4-membered cyclic amide) rings is 1. The standard InChI is InChI=1S/C21H26Cl2O.C16H17N3O5S.H2O/c1-20(2,3)13-21(4,5)16-7-9-19(24)15(11-16)10-14-6-8-17(22)12-18(14)23;1-7-6-25-15-11(14(22)19(15)12(7)16(23)24)18-13(21)10(17)8-2-4-9(20)5-3-8;/h6-9,11-12,24H,10,13H2,1-5H3;2-5,10-11,15,20H,6,17H2,1H3,(H,18,21)(H,23,24);1H2/t;10-,11-,15-;/m.1./s1. The average molecular weight is 747 g/mol. The van der Waals surface area contributed by atoms with Crippen LogP contribution in [0.15, 0.2) is 71.9 Å². The van der Waals surface area contributed by atoms with Crippen LogP contribution >= 0.6 is 35.0 Å². The van der Waals surface area contributed by atoms with Crippen molar-refractivity contribution in [2.75, 3.05) is 5.75 Å². The Balaban J connectivity index is 0.000000265. The molecule has 3 atom stereocenters. The third kappa shape index (κ3) is 9.52. The second kappa shape index (κ2) is 16.1. The Kier molecular flexibility index (Phi) is 13.1. The van der Waals surface area contributed by atoms with Gasteiger partial charge in [-0.2, -0.15) is 0 Å². The van der Waals surface area contributed by atoms with E-state index in [1.807, 2.05) is 18.2 Å². The number of carbonyl (C=O) groups is 3. The van der Waals surface area contributed by atoms with Crippen molar-refractivity contribution < 1.29 is 35.2 Å². The second-order valence-corrected chi connectivity index (χ2v) is 16.2. The average Bonchev–Trinajstić information content (AvgIpc) is 3.00. The lowest BCUT2D eigenvalue weighted by atomic mass is 9.72. The number of fused-ring (bicyclic) bond motifs is 1. The number of aromatic hydroxyl groups is 2. The van der Waals surface area contributed by atoms with E-state index in [0.717, 1.165) is 17.5 Å². The summed E-state index contributed by atoms with van der Waals surface area (Å²) in [5.41, 5.74) is 10.4. The summed E-state index contributed by atoms with van der Waals surface area (Å²) in [6.07, 6.45) is 1.65. The van der Waals surface area contributed by atoms with Crippen LogP contribution in [0.2, 0.25) is 10.0 Å². The Labute approximate surface area is 307 Å². The Morgan fingerprint density at radius 1 is 1.00 bits per heavy atom. The quantitative estimate of drug-likeness (QED) is 0.166. The van der Waals surface area contributed by atoms with Crippen molar-refractivity contribution in [3.63, 3.8) is 0 Å². The molecule has 8 N–H and O–H groups in total. The van der Waals surface area contributed by atoms with Gasteiger partial charge < -0.3 is 31.8 Å². The van der Waals surface area contributed by atoms with Crippen molar-refractivity contribution >= 4 is 52.7 Å². The number of aliphatic carboxylic acids is 1. The van der Waals surface area contributed by atoms with Gasteiger partial charge in [0.15, 0.2) is 0 Å². The monoisotopic (exact) mass is 745 g/mol. The van der Waals surface area contributed by atoms with E-state index < -0.39 is 35.2 Å². The van der Waals surface area contributed by atoms with Gasteiger partial charge in [0.05, 0.1) is 0 Å². The van der Waals surface area contributed by atoms with Gasteiger partial charge in [-0.25, -0.2) is 4.79 Å². The molecule has 13 heteroatoms. The zero-order chi connectivity index (χ0) is 36.4. The highest BCUT2D eigenvalue weighted by Gasteiger charge is 2.54. The zero-order valence-corrected chi connectivity index (χ0v) is 31.2. The predicted octanol–water partition coefficient (Wildman–Crippen LogP) is 6.33. The van der Waals surface area contributed by atoms with Crippen LogP contribution in [0, 0.1) is 5.41 Å². The summed E-state index contributed by atoms with van der Waals surface area (Å²) in [6.45, 7) is 12.9. The summed E-state index contributed by atoms with van der Waals surface area (Å²) in [6, 6.07) is 15.5. The first-order valence-electron chi connectivity index (χ1n) is 15.8. The number of hydrogen-bond acceptors (Lipinski definition) is 7. The number of carbonyl (C=O) groups excluding carboxylic acids is 2. The normalized spacial score (nSPS) is 17.8. The first-order chi connectivity index (χ1) is 22.8. The second-order valence-electron chi connectivity index (χ2n) is 14.3. The van der Waals surface area contributed by atoms with Gasteiger partial charge in [0.1, 0.15) is 34.7 Å². The van der Waals surface area contributed by atoms with E-state index in [1.165, 1.54) is 46.5 Å². The van der Waals surface area contributed by atoms with Gasteiger partial charge in [-0.15, -0.1) is 11.8 Å². The van der Waals surface area contributed by atoms with Gasteiger partial charge in [0.2, 0.25) is 5.91 Å². The largest absolute Gasteiger partial charge is 0.508 e. The highest BCUT2D eigenvalue weighted by Crippen LogP contribution is 2.41. The minimum absolute atomic E-state index is 0. The smallest absolute Gasteiger partial charge is 0.352 e. The van der Waals surface area contributed by atoms with Crippen LogP contribution in [0.25, 0.3) is 0 Å². The number of nitrogens with two attached hydrogens (primary N) is 1. The maximum atomic E-state index is 12.3. The fraction of sp³-hybridized carbons (Fsp3) is 0.378. The summed E-state index contributed by atoms with van der Waals surface area (Å²) in [5.74, 6) is -1.30. The van der Waals surface area contributed by atoms with Crippen molar-refractivity contribution in [2.45, 2.75) is 77.3 Å². The van der Waals surface area contributed by atoms with E-state index in [2.05, 4.69) is 46.0 Å². The first kappa shape index (κ1) is 40.7. The molecule has 0 bridgehead atoms. The molecule has 0 aromatic heterocycles. The van der Waals surface area contributed by atoms with Gasteiger partial charge in [0.25, 0.3) is 5.91 Å². The number of nitrogens with one attached hydrogen (secondary N) is 1. The Hall–Kier alpha value is -3.74. The molecule has 0 unspecified atom stereocenters. The van der Waals surface area contributed by atoms with Gasteiger partial charge in [-0.3, -0.25) is 14.5 Å². The number of rotatable bonds is 8. The summed E-state index contributed by atoms with van der Waals surface area (Å²) >= 11 is 13.6. The number of carboxylic acids is 1. The molecule has 270 valence electrons. The minimum atomic E-state index is -1.15. The van der Waals surface area contributed by atoms with Crippen LogP contribution in [0.3, 0.4) is 0 Å². The van der Waals surface area contributed by atoms with Gasteiger partial charge in [0, 0.05) is 22.2 Å². The van der Waals surface area contributed by atoms with Crippen LogP contribution in [-0.4, -0.2) is 60.6 Å². The lowest BCUT2D eigenvalue weighted by molar-refractivity contribution is -0.150. The van der Waals surface area contributed by atoms with Crippen molar-refractivity contribution in [2.24, 2.45) is 11.1 Å². The number of phenols is 2. The maximum Gasteiger partial charge on any atom is 0.352 e. The zero-order valence-electron chi connectivity index (χ0n) is 28.9. The fourth-order valence-corrected chi connectivity index (χ4v) is 8.07. The van der Waals surface area contributed by atoms with Crippen molar-refractivity contribution in [1.82, 2.24) is 10.2 Å². The SMILES string of the molecule is CC(C)(C)CC(C)(C)c1ccc(O)c(Cc2ccc(Cl)cc2Cl)c1.CC1=C(C(=O)O)N2C(=O)[C@@H](NC(=O)[C@H](N)c3ccc(O)cc3)[C@H]2SC1.O. The molecule has 5 rings (SSSR count). The van der Waals surface area contributed by atoms with E-state index in [1.54, 1.807) is 19.1 Å². The van der Waals surface area contributed by atoms with Crippen molar-refractivity contribution in [1.29, 1.82) is 0 Å². The topological polar surface area (TPSA) is 185 Å². The molecule has 3 aromatic carbocycles. The third-order valence-electron chi connectivity index (χ3n) is 8.42. The Morgan fingerprint density at radius 2 is 1.64 bits per heavy atom. The lowest BCUT2D eigenvalue weighted by Crippen LogP contribution is -2.71.